The van der Waals surface area contributed by atoms with Crippen molar-refractivity contribution in [1.29, 1.82) is 0 Å². The van der Waals surface area contributed by atoms with Crippen molar-refractivity contribution in [2.24, 2.45) is 0 Å². The van der Waals surface area contributed by atoms with Crippen molar-refractivity contribution in [3.05, 3.63) is 40.5 Å². The Bertz CT molecular complexity index is 1240. The van der Waals surface area contributed by atoms with E-state index in [2.05, 4.69) is 21.7 Å². The summed E-state index contributed by atoms with van der Waals surface area (Å²) in [5, 5.41) is 15.9. The van der Waals surface area contributed by atoms with Crippen LogP contribution in [0.15, 0.2) is 23.7 Å². The Balaban J connectivity index is 1.46. The van der Waals surface area contributed by atoms with E-state index in [1.165, 1.54) is 13.8 Å². The molecule has 1 aromatic carbocycles. The number of nitrogens with one attached hydrogen (secondary N) is 2. The van der Waals surface area contributed by atoms with Crippen LogP contribution in [0.1, 0.15) is 49.9 Å². The highest BCUT2D eigenvalue weighted by atomic mass is 127. The van der Waals surface area contributed by atoms with Gasteiger partial charge in [-0.3, -0.25) is 14.4 Å². The minimum atomic E-state index is -1.93. The quantitative estimate of drug-likeness (QED) is 0.349. The van der Waals surface area contributed by atoms with Gasteiger partial charge in [0.15, 0.2) is 5.67 Å². The normalized spacial score (nSPS) is 21.2. The Kier molecular flexibility index (Phi) is 8.75. The number of likely N-dealkylation sites (tertiary alicyclic amines) is 1. The lowest BCUT2D eigenvalue weighted by Crippen LogP contribution is -2.60. The number of halogens is 2. The van der Waals surface area contributed by atoms with Gasteiger partial charge in [-0.05, 0) is 78.4 Å². The maximum Gasteiger partial charge on any atom is 0.258 e. The molecule has 3 atom stereocenters. The van der Waals surface area contributed by atoms with Gasteiger partial charge in [0.1, 0.15) is 12.1 Å². The molecule has 0 radical (unpaired) electrons. The third-order valence-electron chi connectivity index (χ3n) is 7.18. The first-order chi connectivity index (χ1) is 17.9. The molecule has 1 saturated carbocycles. The maximum atomic E-state index is 14.4. The minimum absolute atomic E-state index is 0.0338. The van der Waals surface area contributed by atoms with Crippen LogP contribution in [0.2, 0.25) is 0 Å². The van der Waals surface area contributed by atoms with Crippen LogP contribution in [0.5, 0.6) is 0 Å². The predicted octanol–water partition coefficient (Wildman–Crippen LogP) is 3.85. The highest BCUT2D eigenvalue weighted by molar-refractivity contribution is 14.2. The van der Waals surface area contributed by atoms with Crippen molar-refractivity contribution in [1.82, 2.24) is 20.5 Å². The number of benzene rings is 1. The number of aliphatic hydroxyl groups excluding tert-OH is 1. The third kappa shape index (κ3) is 6.18. The number of carbonyl (C=O) groups excluding carboxylic acids is 3. The first-order valence-corrected chi connectivity index (χ1v) is 16.7. The molecule has 0 spiro atoms. The van der Waals surface area contributed by atoms with Crippen LogP contribution < -0.4 is 10.6 Å². The monoisotopic (exact) mass is 674 g/mol. The van der Waals surface area contributed by atoms with Gasteiger partial charge in [0, 0.05) is 24.3 Å². The lowest BCUT2D eigenvalue weighted by atomic mass is 10.00. The summed E-state index contributed by atoms with van der Waals surface area (Å²) in [6.07, 6.45) is -0.517. The number of carbonyl (C=O) groups is 3. The zero-order valence-corrected chi connectivity index (χ0v) is 25.5. The molecule has 2 fully saturated rings. The van der Waals surface area contributed by atoms with Crippen molar-refractivity contribution in [3.63, 3.8) is 0 Å². The van der Waals surface area contributed by atoms with Crippen LogP contribution in [0.4, 0.5) is 4.39 Å². The zero-order valence-electron chi connectivity index (χ0n) is 21.7. The van der Waals surface area contributed by atoms with Crippen molar-refractivity contribution < 1.29 is 23.9 Å². The number of hydrogen-bond acceptors (Lipinski definition) is 7. The number of rotatable bonds is 9. The molecule has 4 rings (SSSR count). The Morgan fingerprint density at radius 1 is 1.34 bits per heavy atom. The van der Waals surface area contributed by atoms with E-state index in [0.717, 1.165) is 27.3 Å². The molecule has 3 N–H and O–H groups in total. The second kappa shape index (κ2) is 11.4. The van der Waals surface area contributed by atoms with E-state index in [-0.39, 0.29) is 38.3 Å². The van der Waals surface area contributed by atoms with Crippen molar-refractivity contribution >= 4 is 59.2 Å². The van der Waals surface area contributed by atoms with Crippen LogP contribution in [-0.4, -0.2) is 67.9 Å². The molecule has 0 bridgehead atoms. The molecule has 3 amide bonds. The van der Waals surface area contributed by atoms with Crippen molar-refractivity contribution in [2.45, 2.75) is 82.1 Å². The van der Waals surface area contributed by atoms with Gasteiger partial charge in [0.25, 0.3) is 5.91 Å². The summed E-state index contributed by atoms with van der Waals surface area (Å²) in [6, 6.07) is 4.07. The van der Waals surface area contributed by atoms with Crippen molar-refractivity contribution in [3.8, 4) is 10.4 Å². The highest BCUT2D eigenvalue weighted by Crippen LogP contribution is 2.41. The molecule has 1 unspecified atom stereocenters. The topological polar surface area (TPSA) is 112 Å². The molecule has 1 saturated heterocycles. The molecule has 2 aromatic rings. The summed E-state index contributed by atoms with van der Waals surface area (Å²) in [5.74, 6) is -1.69. The highest BCUT2D eigenvalue weighted by Gasteiger charge is 2.54. The van der Waals surface area contributed by atoms with E-state index in [1.54, 1.807) is 25.2 Å². The lowest BCUT2D eigenvalue weighted by molar-refractivity contribution is -0.143. The number of thiazole rings is 1. The van der Waals surface area contributed by atoms with Gasteiger partial charge in [-0.15, -0.1) is 11.3 Å². The van der Waals surface area contributed by atoms with E-state index in [9.17, 15) is 23.9 Å². The standard InChI is InChI=1S/C26H32FIN4O4S2/c1-14-9-16(20-15(2)30-13-37-20)5-6-17(14)11-29-22(34)19-10-18(33)12-32(19)23(35)21(25(3,4)38-28)31-24(36)26(27)7-8-26/h5-6,9,13,18-19,21,33H,7-8,10-12H2,1-4H3,(H,29,34)(H,31,36)/t18-,19?,21-/m1/s1. The Morgan fingerprint density at radius 2 is 2.05 bits per heavy atom. The summed E-state index contributed by atoms with van der Waals surface area (Å²) in [5.41, 5.74) is 3.87. The van der Waals surface area contributed by atoms with E-state index in [1.807, 2.05) is 52.7 Å². The molecule has 1 aliphatic heterocycles. The molecule has 2 heterocycles. The van der Waals surface area contributed by atoms with Gasteiger partial charge >= 0.3 is 0 Å². The Morgan fingerprint density at radius 3 is 2.63 bits per heavy atom. The fourth-order valence-electron chi connectivity index (χ4n) is 4.56. The summed E-state index contributed by atoms with van der Waals surface area (Å²) in [6.45, 7) is 7.74. The molecule has 38 heavy (non-hydrogen) atoms. The second-order valence-electron chi connectivity index (χ2n) is 10.6. The molecule has 8 nitrogen and oxygen atoms in total. The van der Waals surface area contributed by atoms with Crippen molar-refractivity contribution in [2.75, 3.05) is 6.54 Å². The number of aliphatic hydroxyl groups is 1. The second-order valence-corrected chi connectivity index (χ2v) is 14.0. The summed E-state index contributed by atoms with van der Waals surface area (Å²) in [7, 11) is 1.33. The Hall–Kier alpha value is -1.77. The first kappa shape index (κ1) is 29.2. The number of alkyl halides is 1. The molecular weight excluding hydrogens is 642 g/mol. The van der Waals surface area contributed by atoms with E-state index in [4.69, 9.17) is 0 Å². The largest absolute Gasteiger partial charge is 0.391 e. The molecule has 2 aliphatic rings. The van der Waals surface area contributed by atoms with E-state index >= 15 is 0 Å². The van der Waals surface area contributed by atoms with Gasteiger partial charge in [-0.1, -0.05) is 27.1 Å². The summed E-state index contributed by atoms with van der Waals surface area (Å²) >= 11 is 3.63. The molecular formula is C26H32FIN4O4S2. The number of nitrogens with zero attached hydrogens (tertiary/aromatic N) is 2. The lowest BCUT2D eigenvalue weighted by Gasteiger charge is -2.36. The molecule has 1 aromatic heterocycles. The van der Waals surface area contributed by atoms with Gasteiger partial charge in [0.2, 0.25) is 11.8 Å². The zero-order chi connectivity index (χ0) is 27.8. The number of aryl methyl sites for hydroxylation is 2. The van der Waals surface area contributed by atoms with Gasteiger partial charge in [-0.25, -0.2) is 9.37 Å². The SMILES string of the molecule is Cc1cc(-c2scnc2C)ccc1CNC(=O)C1C[C@@H](O)CN1C(=O)[C@@H](NC(=O)C1(F)CC1)C(C)(C)SI. The Labute approximate surface area is 242 Å². The van der Waals surface area contributed by atoms with Crippen LogP contribution in [-0.2, 0) is 20.9 Å². The smallest absolute Gasteiger partial charge is 0.258 e. The fraction of sp³-hybridized carbons (Fsp3) is 0.538. The number of aromatic nitrogens is 1. The number of β-amino-alcohol motifs (C(OH)–C–C–N with tert-alkyl or cyclic N) is 1. The van der Waals surface area contributed by atoms with E-state index < -0.39 is 40.4 Å². The van der Waals surface area contributed by atoms with Crippen LogP contribution in [0.25, 0.3) is 10.4 Å². The van der Waals surface area contributed by atoms with Gasteiger partial charge in [-0.2, -0.15) is 0 Å². The number of hydrogen-bond donors (Lipinski definition) is 3. The third-order valence-corrected chi connectivity index (χ3v) is 12.2. The number of amides is 3. The average molecular weight is 675 g/mol. The maximum absolute atomic E-state index is 14.4. The van der Waals surface area contributed by atoms with Crippen LogP contribution >= 0.6 is 41.5 Å². The minimum Gasteiger partial charge on any atom is -0.391 e. The van der Waals surface area contributed by atoms with E-state index in [0.29, 0.717) is 0 Å². The predicted molar refractivity (Wildman–Crippen MR) is 156 cm³/mol. The fourth-order valence-corrected chi connectivity index (χ4v) is 6.38. The summed E-state index contributed by atoms with van der Waals surface area (Å²) in [4.78, 5) is 46.2. The molecule has 1 aliphatic carbocycles. The summed E-state index contributed by atoms with van der Waals surface area (Å²) < 4.78 is 13.6. The molecule has 206 valence electrons. The van der Waals surface area contributed by atoms with Gasteiger partial charge < -0.3 is 20.6 Å². The molecule has 12 heteroatoms. The average Bonchev–Trinajstić information content (AvgIpc) is 3.29. The van der Waals surface area contributed by atoms with Crippen LogP contribution in [0.3, 0.4) is 0 Å². The van der Waals surface area contributed by atoms with Crippen LogP contribution in [0, 0.1) is 13.8 Å². The van der Waals surface area contributed by atoms with Gasteiger partial charge in [0.05, 0.1) is 22.2 Å². The first-order valence-electron chi connectivity index (χ1n) is 12.4.